The van der Waals surface area contributed by atoms with Crippen LogP contribution in [-0.4, -0.2) is 295 Å². The van der Waals surface area contributed by atoms with Crippen molar-refractivity contribution < 1.29 is 186 Å². The first-order valence-corrected chi connectivity index (χ1v) is 47.1. The molecule has 24 rings (SSSR count). The van der Waals surface area contributed by atoms with Gasteiger partial charge in [-0.05, 0) is 120 Å². The SMILES string of the molecule is C=C(C)C(=O)OCC(=O)OC12CC3(C)CC(O)(CC(O)(C3)C1)C2.C=C(C)C(=O)OCC(=O)OC12CC3(O)CC(O)(CC(O)(C3)C1C)C2.C=C(C)C(=O)OCC(=O)OC12CC3CC(O)(CC(O)(C3)C1C)C2.C=CC(=O)OCC(=O)OC12CC3(C)CC(O)(CC(O)(C3)C1)C2.C=CC(=O)OCC(=O)OC12CC3(O)CC(O)(CC(O)(C3)C1C)C2.C=CC(=O)OCC(=O)OC12CC3CC(O)(CC(O)(C3)C1C)C2. The average molecular weight is 1940 g/mol. The number of ether oxygens (including phenoxy) is 12. The van der Waals surface area contributed by atoms with E-state index < -0.39 is 235 Å². The smallest absolute Gasteiger partial charge is 0.344 e. The molecule has 24 bridgehead atoms. The fourth-order valence-corrected chi connectivity index (χ4v) is 31.3. The van der Waals surface area contributed by atoms with Crippen LogP contribution in [0.4, 0.5) is 0 Å². The third-order valence-electron chi connectivity index (χ3n) is 33.0. The minimum absolute atomic E-state index is 0.148. The van der Waals surface area contributed by atoms with Gasteiger partial charge in [0.2, 0.25) is 0 Å². The molecule has 0 aromatic carbocycles. The van der Waals surface area contributed by atoms with Crippen LogP contribution in [0.3, 0.4) is 0 Å². The highest BCUT2D eigenvalue weighted by Crippen LogP contribution is 2.71. The Hall–Kier alpha value is -8.48. The van der Waals surface area contributed by atoms with Crippen molar-refractivity contribution in [3.8, 4) is 0 Å². The Morgan fingerprint density at radius 3 is 0.701 bits per heavy atom. The Bertz CT molecular complexity index is 4800. The van der Waals surface area contributed by atoms with E-state index >= 15 is 0 Å². The van der Waals surface area contributed by atoms with Crippen molar-refractivity contribution in [3.05, 3.63) is 74.4 Å². The molecule has 24 fully saturated rings. The highest BCUT2D eigenvalue weighted by molar-refractivity contribution is 5.90. The summed E-state index contributed by atoms with van der Waals surface area (Å²) in [6, 6.07) is 0. The van der Waals surface area contributed by atoms with Gasteiger partial charge in [0.05, 0.1) is 78.4 Å². The summed E-state index contributed by atoms with van der Waals surface area (Å²) in [6.07, 6.45) is 15.4. The molecule has 24 saturated carbocycles. The van der Waals surface area contributed by atoms with E-state index in [2.05, 4.69) is 48.9 Å². The Balaban J connectivity index is 0.000000139. The lowest BCUT2D eigenvalue weighted by Crippen LogP contribution is -2.76. The summed E-state index contributed by atoms with van der Waals surface area (Å²) < 4.78 is 62.0. The van der Waals surface area contributed by atoms with Gasteiger partial charge >= 0.3 is 71.6 Å². The van der Waals surface area contributed by atoms with E-state index in [9.17, 15) is 129 Å². The van der Waals surface area contributed by atoms with Gasteiger partial charge in [0.25, 0.3) is 0 Å². The highest BCUT2D eigenvalue weighted by atomic mass is 16.6. The van der Waals surface area contributed by atoms with Gasteiger partial charge in [-0.1, -0.05) is 81.0 Å². The minimum Gasteiger partial charge on any atom is -0.456 e. The van der Waals surface area contributed by atoms with Crippen molar-refractivity contribution >= 4 is 71.6 Å². The molecule has 0 aromatic rings. The van der Waals surface area contributed by atoms with Gasteiger partial charge in [-0.25, -0.2) is 57.5 Å². The van der Waals surface area contributed by atoms with Crippen LogP contribution in [0.1, 0.15) is 268 Å². The fraction of sp³-hybridized carbons (Fsp3) is 0.758. The van der Waals surface area contributed by atoms with Gasteiger partial charge < -0.3 is 128 Å². The van der Waals surface area contributed by atoms with Gasteiger partial charge in [-0.3, -0.25) is 0 Å². The lowest BCUT2D eigenvalue weighted by atomic mass is 9.45. The number of carbonyl (C=O) groups is 12. The fourth-order valence-electron chi connectivity index (χ4n) is 31.3. The molecule has 20 unspecified atom stereocenters. The maximum Gasteiger partial charge on any atom is 0.344 e. The molecule has 0 spiro atoms. The van der Waals surface area contributed by atoms with Crippen LogP contribution in [0, 0.1) is 46.3 Å². The van der Waals surface area contributed by atoms with Crippen molar-refractivity contribution in [3.63, 3.8) is 0 Å². The minimum atomic E-state index is -1.28. The van der Waals surface area contributed by atoms with Crippen LogP contribution in [-0.2, 0) is 114 Å². The predicted octanol–water partition coefficient (Wildman–Crippen LogP) is 3.91. The lowest BCUT2D eigenvalue weighted by Gasteiger charge is -2.67. The van der Waals surface area contributed by atoms with E-state index in [4.69, 9.17) is 47.4 Å². The summed E-state index contributed by atoms with van der Waals surface area (Å²) in [5, 5.41) is 150. The number of aliphatic hydroxyl groups is 14. The molecule has 24 aliphatic carbocycles. The second-order valence-corrected chi connectivity index (χ2v) is 46.7. The van der Waals surface area contributed by atoms with E-state index in [1.165, 1.54) is 20.8 Å². The molecule has 0 radical (unpaired) electrons. The maximum atomic E-state index is 12.1. The summed E-state index contributed by atoms with van der Waals surface area (Å²) in [7, 11) is 0. The number of hydrogen-bond acceptors (Lipinski definition) is 38. The largest absolute Gasteiger partial charge is 0.456 e. The molecule has 38 heteroatoms. The zero-order valence-electron chi connectivity index (χ0n) is 79.9. The van der Waals surface area contributed by atoms with Crippen LogP contribution < -0.4 is 0 Å². The van der Waals surface area contributed by atoms with Gasteiger partial charge in [0.1, 0.15) is 33.6 Å². The quantitative estimate of drug-likeness (QED) is 0.0370. The summed E-state index contributed by atoms with van der Waals surface area (Å²) >= 11 is 0. The first-order valence-electron chi connectivity index (χ1n) is 47.1. The number of rotatable bonds is 24. The highest BCUT2D eigenvalue weighted by Gasteiger charge is 2.77. The molecular weight excluding hydrogens is 1800 g/mol. The summed E-state index contributed by atoms with van der Waals surface area (Å²) in [4.78, 5) is 139. The molecule has 20 atom stereocenters. The standard InChI is InChI=1S/C17H24O7.2C17H24O6.C16H22O7.2C16H22O6/c1-10(2)13(19)23-4-12(18)24-17-8-14(20)5-15(21,9-17)7-16(22,6-14)11(17)3;1-11(2)13(19)22-4-12(18)23-17-7-14(3)5-15(20,9-17)8-16(21,6-14)10-17;1-10(2)14(19)22-7-13(18)23-17-6-12-4-15(20,9-17)8-16(21,5-12)11(17)3;1-3-11(17)22-4-12(18)23-16-8-13(19)5-14(20,9-16)7-15(21,6-13)10(16)2;1-3-11(17)21-4-12(18)22-16-7-13(2)5-14(19,9-16)8-15(20,6-13)10-16;1-3-12(17)21-7-13(18)22-16-6-11-4-14(19,9-16)8-15(20,5-11)10(16)2/h11,20-22H,1,4-9H2,2-3H3;20-21H,1,4-10H2,2-3H3;11-12,20-21H,1,4-9H2,2-3H3;3,10,19-21H,1,4-9H2,2H3;3,19-20H,1,4-10H2,2H3;3,10-11,19-20H,1,4-9H2,2H3. The van der Waals surface area contributed by atoms with Crippen molar-refractivity contribution in [1.82, 2.24) is 0 Å². The summed E-state index contributed by atoms with van der Waals surface area (Å²) in [5.41, 5.74) is -21.2. The Morgan fingerprint density at radius 1 is 0.255 bits per heavy atom. The van der Waals surface area contributed by atoms with E-state index in [0.717, 1.165) is 18.2 Å². The van der Waals surface area contributed by atoms with Crippen LogP contribution >= 0.6 is 0 Å². The van der Waals surface area contributed by atoms with E-state index in [1.54, 1.807) is 13.8 Å². The van der Waals surface area contributed by atoms with Crippen LogP contribution in [0.15, 0.2) is 74.4 Å². The second-order valence-electron chi connectivity index (χ2n) is 46.7. The molecule has 14 N–H and O–H groups in total. The molecular formula is C99H138O38. The Kier molecular flexibility index (Phi) is 27.5. The first-order chi connectivity index (χ1) is 62.8. The lowest BCUT2D eigenvalue weighted by molar-refractivity contribution is -0.327. The predicted molar refractivity (Wildman–Crippen MR) is 471 cm³/mol. The molecule has 38 nitrogen and oxygen atoms in total. The van der Waals surface area contributed by atoms with Gasteiger partial charge in [-0.15, -0.1) is 0 Å². The van der Waals surface area contributed by atoms with Crippen molar-refractivity contribution in [2.24, 2.45) is 46.3 Å². The van der Waals surface area contributed by atoms with E-state index in [-0.39, 0.29) is 115 Å². The van der Waals surface area contributed by atoms with Crippen LogP contribution in [0.25, 0.3) is 0 Å². The van der Waals surface area contributed by atoms with Gasteiger partial charge in [0, 0.05) is 187 Å². The number of esters is 12. The monoisotopic (exact) mass is 1930 g/mol. The Morgan fingerprint density at radius 2 is 0.467 bits per heavy atom. The second kappa shape index (κ2) is 35.6. The summed E-state index contributed by atoms with van der Waals surface area (Å²) in [5.74, 6) is -9.34. The first kappa shape index (κ1) is 106. The van der Waals surface area contributed by atoms with E-state index in [0.29, 0.717) is 141 Å². The van der Waals surface area contributed by atoms with Crippen LogP contribution in [0.5, 0.6) is 0 Å². The Labute approximate surface area is 794 Å². The van der Waals surface area contributed by atoms with Crippen molar-refractivity contribution in [2.45, 2.75) is 380 Å². The zero-order valence-corrected chi connectivity index (χ0v) is 79.9. The average Bonchev–Trinajstić information content (AvgIpc) is 0.681. The molecule has 762 valence electrons. The van der Waals surface area contributed by atoms with Crippen LogP contribution in [0.2, 0.25) is 0 Å². The molecule has 0 heterocycles. The van der Waals surface area contributed by atoms with E-state index in [1.807, 2.05) is 27.7 Å². The maximum absolute atomic E-state index is 12.1. The third-order valence-corrected chi connectivity index (χ3v) is 33.0. The molecule has 24 aliphatic rings. The number of hydrogen-bond donors (Lipinski definition) is 14. The topological polar surface area (TPSA) is 599 Å². The summed E-state index contributed by atoms with van der Waals surface area (Å²) in [6.45, 7) is 32.7. The molecule has 0 amide bonds. The van der Waals surface area contributed by atoms with Crippen molar-refractivity contribution in [1.29, 1.82) is 0 Å². The molecule has 137 heavy (non-hydrogen) atoms. The molecule has 0 aliphatic heterocycles. The van der Waals surface area contributed by atoms with Gasteiger partial charge in [0.15, 0.2) is 39.6 Å². The molecule has 0 aromatic heterocycles. The van der Waals surface area contributed by atoms with Gasteiger partial charge in [-0.2, -0.15) is 0 Å². The number of carbonyl (C=O) groups excluding carboxylic acids is 12. The molecule has 0 saturated heterocycles. The van der Waals surface area contributed by atoms with Crippen molar-refractivity contribution in [2.75, 3.05) is 39.6 Å². The third kappa shape index (κ3) is 21.8. The zero-order chi connectivity index (χ0) is 102. The normalized spacial score (nSPS) is 45.3.